The van der Waals surface area contributed by atoms with Gasteiger partial charge in [-0.05, 0) is 29.7 Å². The van der Waals surface area contributed by atoms with E-state index in [2.05, 4.69) is 10.6 Å². The highest BCUT2D eigenvalue weighted by molar-refractivity contribution is 6.01. The Morgan fingerprint density at radius 2 is 1.57 bits per heavy atom. The number of hydrogen-bond donors (Lipinski definition) is 2. The summed E-state index contributed by atoms with van der Waals surface area (Å²) in [6.45, 7) is 2.04. The number of para-hydroxylation sites is 1. The number of rotatable bonds is 4. The van der Waals surface area contributed by atoms with E-state index in [1.807, 2.05) is 85.8 Å². The number of aryl methyl sites for hydroxylation is 1. The van der Waals surface area contributed by atoms with Crippen molar-refractivity contribution in [1.82, 2.24) is 5.32 Å². The Morgan fingerprint density at radius 3 is 2.32 bits per heavy atom. The average molecular weight is 370 g/mol. The first-order chi connectivity index (χ1) is 13.6. The normalized spacial score (nSPS) is 16.6. The molecule has 0 saturated carbocycles. The minimum Gasteiger partial charge on any atom is -0.345 e. The molecule has 140 valence electrons. The second kappa shape index (κ2) is 7.69. The standard InChI is InChI=1S/C24H22N2O2/c1-16-11-13-18(14-12-16)23(17-7-3-2-4-8-17)26-24(28)20-15-22(27)25-21-10-6-5-9-19(20)21/h2-14,20,23H,15H2,1H3,(H,25,27)(H,26,28). The lowest BCUT2D eigenvalue weighted by Crippen LogP contribution is -2.37. The minimum atomic E-state index is -0.499. The molecule has 3 aromatic carbocycles. The highest BCUT2D eigenvalue weighted by Crippen LogP contribution is 2.33. The van der Waals surface area contributed by atoms with E-state index in [1.165, 1.54) is 5.56 Å². The van der Waals surface area contributed by atoms with Crippen molar-refractivity contribution in [2.75, 3.05) is 5.32 Å². The van der Waals surface area contributed by atoms with Crippen LogP contribution in [-0.2, 0) is 9.59 Å². The highest BCUT2D eigenvalue weighted by atomic mass is 16.2. The van der Waals surface area contributed by atoms with E-state index in [9.17, 15) is 9.59 Å². The molecule has 0 aliphatic carbocycles. The molecule has 1 heterocycles. The Balaban J connectivity index is 1.66. The summed E-state index contributed by atoms with van der Waals surface area (Å²) in [5.74, 6) is -0.774. The van der Waals surface area contributed by atoms with Crippen molar-refractivity contribution in [3.63, 3.8) is 0 Å². The monoisotopic (exact) mass is 370 g/mol. The molecule has 0 aromatic heterocycles. The Hall–Kier alpha value is -3.40. The van der Waals surface area contributed by atoms with Gasteiger partial charge in [0.1, 0.15) is 0 Å². The number of anilines is 1. The van der Waals surface area contributed by atoms with E-state index < -0.39 is 5.92 Å². The van der Waals surface area contributed by atoms with Crippen LogP contribution in [0.2, 0.25) is 0 Å². The third kappa shape index (κ3) is 3.67. The van der Waals surface area contributed by atoms with Gasteiger partial charge in [0, 0.05) is 12.1 Å². The highest BCUT2D eigenvalue weighted by Gasteiger charge is 2.32. The van der Waals surface area contributed by atoms with Crippen molar-refractivity contribution in [3.05, 3.63) is 101 Å². The van der Waals surface area contributed by atoms with Gasteiger partial charge in [-0.3, -0.25) is 9.59 Å². The van der Waals surface area contributed by atoms with Gasteiger partial charge in [0.25, 0.3) is 0 Å². The van der Waals surface area contributed by atoms with Crippen LogP contribution in [-0.4, -0.2) is 11.8 Å². The van der Waals surface area contributed by atoms with E-state index in [-0.39, 0.29) is 24.3 Å². The van der Waals surface area contributed by atoms with Crippen molar-refractivity contribution in [1.29, 1.82) is 0 Å². The molecule has 2 atom stereocenters. The first-order valence-corrected chi connectivity index (χ1v) is 9.42. The first-order valence-electron chi connectivity index (χ1n) is 9.42. The summed E-state index contributed by atoms with van der Waals surface area (Å²) in [5.41, 5.74) is 4.76. The van der Waals surface area contributed by atoms with E-state index in [4.69, 9.17) is 0 Å². The molecule has 2 N–H and O–H groups in total. The van der Waals surface area contributed by atoms with Gasteiger partial charge in [0.15, 0.2) is 0 Å². The molecule has 2 amide bonds. The second-order valence-corrected chi connectivity index (χ2v) is 7.16. The molecule has 0 saturated heterocycles. The van der Waals surface area contributed by atoms with Crippen molar-refractivity contribution in [2.45, 2.75) is 25.3 Å². The van der Waals surface area contributed by atoms with Gasteiger partial charge in [0.2, 0.25) is 11.8 Å². The van der Waals surface area contributed by atoms with Gasteiger partial charge >= 0.3 is 0 Å². The van der Waals surface area contributed by atoms with Crippen molar-refractivity contribution >= 4 is 17.5 Å². The van der Waals surface area contributed by atoms with Gasteiger partial charge in [-0.25, -0.2) is 0 Å². The quantitative estimate of drug-likeness (QED) is 0.718. The van der Waals surface area contributed by atoms with Gasteiger partial charge in [-0.15, -0.1) is 0 Å². The smallest absolute Gasteiger partial charge is 0.228 e. The molecule has 0 radical (unpaired) electrons. The minimum absolute atomic E-state index is 0.134. The van der Waals surface area contributed by atoms with E-state index in [0.29, 0.717) is 5.69 Å². The van der Waals surface area contributed by atoms with Gasteiger partial charge in [0.05, 0.1) is 12.0 Å². The second-order valence-electron chi connectivity index (χ2n) is 7.16. The molecule has 1 aliphatic rings. The van der Waals surface area contributed by atoms with Gasteiger partial charge < -0.3 is 10.6 Å². The van der Waals surface area contributed by atoms with Crippen LogP contribution in [0.3, 0.4) is 0 Å². The fourth-order valence-corrected chi connectivity index (χ4v) is 3.65. The van der Waals surface area contributed by atoms with Crippen molar-refractivity contribution in [3.8, 4) is 0 Å². The van der Waals surface area contributed by atoms with Crippen LogP contribution in [0.25, 0.3) is 0 Å². The van der Waals surface area contributed by atoms with E-state index >= 15 is 0 Å². The Kier molecular flexibility index (Phi) is 4.94. The summed E-state index contributed by atoms with van der Waals surface area (Å²) in [6.07, 6.45) is 0.151. The molecule has 0 spiro atoms. The fraction of sp³-hybridized carbons (Fsp3) is 0.167. The molecule has 3 aromatic rings. The lowest BCUT2D eigenvalue weighted by Gasteiger charge is -2.27. The number of benzene rings is 3. The third-order valence-electron chi connectivity index (χ3n) is 5.15. The summed E-state index contributed by atoms with van der Waals surface area (Å²) in [5, 5.41) is 6.03. The first kappa shape index (κ1) is 18.0. The summed E-state index contributed by atoms with van der Waals surface area (Å²) in [7, 11) is 0. The predicted octanol–water partition coefficient (Wildman–Crippen LogP) is 4.33. The molecule has 4 heteroatoms. The molecule has 2 unspecified atom stereocenters. The Labute approximate surface area is 164 Å². The molecular formula is C24H22N2O2. The fourth-order valence-electron chi connectivity index (χ4n) is 3.65. The van der Waals surface area contributed by atoms with Gasteiger partial charge in [-0.2, -0.15) is 0 Å². The Morgan fingerprint density at radius 1 is 0.929 bits per heavy atom. The van der Waals surface area contributed by atoms with Crippen LogP contribution >= 0.6 is 0 Å². The van der Waals surface area contributed by atoms with Crippen LogP contribution in [0.4, 0.5) is 5.69 Å². The maximum atomic E-state index is 13.2. The number of hydrogen-bond acceptors (Lipinski definition) is 2. The topological polar surface area (TPSA) is 58.2 Å². The molecule has 4 nitrogen and oxygen atoms in total. The summed E-state index contributed by atoms with van der Waals surface area (Å²) in [6, 6.07) is 25.3. The van der Waals surface area contributed by atoms with E-state index in [0.717, 1.165) is 16.7 Å². The van der Waals surface area contributed by atoms with Crippen LogP contribution < -0.4 is 10.6 Å². The molecule has 1 aliphatic heterocycles. The molecule has 0 fully saturated rings. The third-order valence-corrected chi connectivity index (χ3v) is 5.15. The zero-order valence-electron chi connectivity index (χ0n) is 15.7. The number of carbonyl (C=O) groups is 2. The maximum Gasteiger partial charge on any atom is 0.228 e. The number of carbonyl (C=O) groups excluding carboxylic acids is 2. The lowest BCUT2D eigenvalue weighted by molar-refractivity contribution is -0.126. The maximum absolute atomic E-state index is 13.2. The van der Waals surface area contributed by atoms with Crippen LogP contribution in [0.5, 0.6) is 0 Å². The lowest BCUT2D eigenvalue weighted by atomic mass is 9.88. The average Bonchev–Trinajstić information content (AvgIpc) is 2.72. The van der Waals surface area contributed by atoms with Crippen molar-refractivity contribution < 1.29 is 9.59 Å². The number of amides is 2. The number of nitrogens with one attached hydrogen (secondary N) is 2. The van der Waals surface area contributed by atoms with Crippen LogP contribution in [0, 0.1) is 6.92 Å². The SMILES string of the molecule is Cc1ccc(C(NC(=O)C2CC(=O)Nc3ccccc32)c2ccccc2)cc1. The molecular weight excluding hydrogens is 348 g/mol. The summed E-state index contributed by atoms with van der Waals surface area (Å²) < 4.78 is 0. The number of fused-ring (bicyclic) bond motifs is 1. The summed E-state index contributed by atoms with van der Waals surface area (Å²) in [4.78, 5) is 25.4. The molecule has 0 bridgehead atoms. The van der Waals surface area contributed by atoms with Gasteiger partial charge in [-0.1, -0.05) is 78.4 Å². The molecule has 28 heavy (non-hydrogen) atoms. The van der Waals surface area contributed by atoms with E-state index in [1.54, 1.807) is 0 Å². The zero-order valence-corrected chi connectivity index (χ0v) is 15.7. The predicted molar refractivity (Wildman–Crippen MR) is 110 cm³/mol. The largest absolute Gasteiger partial charge is 0.345 e. The zero-order chi connectivity index (χ0) is 19.5. The molecule has 4 rings (SSSR count). The Bertz CT molecular complexity index is 997. The van der Waals surface area contributed by atoms with Crippen molar-refractivity contribution in [2.24, 2.45) is 0 Å². The van der Waals surface area contributed by atoms with Crippen LogP contribution in [0.1, 0.15) is 40.6 Å². The van der Waals surface area contributed by atoms with Crippen LogP contribution in [0.15, 0.2) is 78.9 Å². The summed E-state index contributed by atoms with van der Waals surface area (Å²) >= 11 is 0.